The van der Waals surface area contributed by atoms with Crippen molar-refractivity contribution in [2.24, 2.45) is 0 Å². The molecule has 0 aromatic heterocycles. The molecule has 0 aliphatic rings. The maximum absolute atomic E-state index is 9.04. The molecule has 0 bridgehead atoms. The van der Waals surface area contributed by atoms with Crippen molar-refractivity contribution in [2.75, 3.05) is 0 Å². The second-order valence-corrected chi connectivity index (χ2v) is 3.21. The molecule has 0 saturated heterocycles. The molecule has 6 heteroatoms. The van der Waals surface area contributed by atoms with Crippen LogP contribution < -0.4 is 0 Å². The average molecular weight is 235 g/mol. The van der Waals surface area contributed by atoms with Crippen LogP contribution in [-0.2, 0) is 30.2 Å². The summed E-state index contributed by atoms with van der Waals surface area (Å²) < 4.78 is 27.1. The zero-order chi connectivity index (χ0) is 4.50. The van der Waals surface area contributed by atoms with Crippen molar-refractivity contribution in [1.82, 2.24) is 0 Å². The summed E-state index contributed by atoms with van der Waals surface area (Å²) in [6, 6.07) is 0. The summed E-state index contributed by atoms with van der Waals surface area (Å²) >= 11 is 0. The van der Waals surface area contributed by atoms with E-state index < -0.39 is 9.74 Å². The van der Waals surface area contributed by atoms with E-state index in [1.807, 2.05) is 0 Å². The van der Waals surface area contributed by atoms with Crippen LogP contribution in [0.5, 0.6) is 0 Å². The molecule has 7 heavy (non-hydrogen) atoms. The first-order valence-electron chi connectivity index (χ1n) is 0.736. The molecular formula is CH5O3PPdS. The summed E-state index contributed by atoms with van der Waals surface area (Å²) in [6.45, 7) is 0. The first kappa shape index (κ1) is 15.7. The topological polar surface area (TPSA) is 57.2 Å². The molecule has 0 radical (unpaired) electrons. The third-order valence-corrected chi connectivity index (χ3v) is 0. The molecule has 0 aromatic rings. The second-order valence-electron chi connectivity index (χ2n) is 0.493. The molecule has 0 fully saturated rings. The van der Waals surface area contributed by atoms with Gasteiger partial charge in [0.2, 0.25) is 0 Å². The maximum atomic E-state index is 9.04. The Morgan fingerprint density at radius 2 is 1.43 bits per heavy atom. The molecule has 0 aliphatic heterocycles. The average Bonchev–Trinajstić information content (AvgIpc) is 0.722. The van der Waals surface area contributed by atoms with Crippen LogP contribution in [-0.4, -0.2) is 13.0 Å². The van der Waals surface area contributed by atoms with Gasteiger partial charge in [0.25, 0.3) is 0 Å². The Morgan fingerprint density at radius 3 is 1.43 bits per heavy atom. The molecule has 0 aliphatic carbocycles. The molecule has 48 valence electrons. The molecule has 0 saturated carbocycles. The van der Waals surface area contributed by atoms with E-state index in [-0.39, 0.29) is 27.8 Å². The Bertz CT molecular complexity index is 98.1. The van der Waals surface area contributed by atoms with Crippen LogP contribution in [0.2, 0.25) is 0 Å². The van der Waals surface area contributed by atoms with Gasteiger partial charge in [-0.2, -0.15) is 0 Å². The fraction of sp³-hybridized carbons (Fsp3) is 0. The normalized spacial score (nSPS) is 8.29. The first-order valence-corrected chi connectivity index (χ1v) is 3.62. The van der Waals surface area contributed by atoms with Gasteiger partial charge >= 0.3 is 20.4 Å². The molecule has 0 amide bonds. The fourth-order valence-corrected chi connectivity index (χ4v) is 0. The van der Waals surface area contributed by atoms with Gasteiger partial charge in [0.15, 0.2) is 0 Å². The van der Waals surface area contributed by atoms with Gasteiger partial charge in [-0.15, -0.1) is 0 Å². The van der Waals surface area contributed by atoms with Crippen LogP contribution >= 0.6 is 8.44 Å². The monoisotopic (exact) mass is 234 g/mol. The second kappa shape index (κ2) is 5.15. The minimum atomic E-state index is -4.00. The van der Waals surface area contributed by atoms with Gasteiger partial charge < -0.3 is 12.0 Å². The zero-order valence-electron chi connectivity index (χ0n) is 3.53. The van der Waals surface area contributed by atoms with Crippen LogP contribution in [0.15, 0.2) is 0 Å². The van der Waals surface area contributed by atoms with Crippen LogP contribution in [0.25, 0.3) is 0 Å². The molecule has 0 rings (SSSR count). The SMILES string of the molecule is O=S(=O)([O-])P.[CH3-].[Pd+2]. The van der Waals surface area contributed by atoms with E-state index in [0.29, 0.717) is 0 Å². The molecule has 0 spiro atoms. The van der Waals surface area contributed by atoms with Gasteiger partial charge in [-0.1, -0.05) is 0 Å². The molecule has 1 atom stereocenters. The van der Waals surface area contributed by atoms with Crippen LogP contribution in [0.4, 0.5) is 0 Å². The van der Waals surface area contributed by atoms with Crippen molar-refractivity contribution < 1.29 is 33.4 Å². The van der Waals surface area contributed by atoms with E-state index in [0.717, 1.165) is 8.44 Å². The van der Waals surface area contributed by atoms with Gasteiger partial charge in [-0.3, -0.25) is 0 Å². The predicted molar refractivity (Wildman–Crippen MR) is 25.8 cm³/mol. The van der Waals surface area contributed by atoms with Gasteiger partial charge in [0.1, 0.15) is 9.74 Å². The molecule has 3 nitrogen and oxygen atoms in total. The standard InChI is InChI=1S/CH3.H3O3PS.Pd/c;1-5(2,3)4;/h1H3;4H2,(H,1,2,3);/q-1;;+2/p-1. The van der Waals surface area contributed by atoms with Crippen LogP contribution in [0.3, 0.4) is 0 Å². The van der Waals surface area contributed by atoms with E-state index in [4.69, 9.17) is 13.0 Å². The Labute approximate surface area is 59.2 Å². The summed E-state index contributed by atoms with van der Waals surface area (Å²) in [5.74, 6) is 0. The van der Waals surface area contributed by atoms with Gasteiger partial charge in [0.05, 0.1) is 0 Å². The third-order valence-electron chi connectivity index (χ3n) is 0. The largest absolute Gasteiger partial charge is 2.00 e. The van der Waals surface area contributed by atoms with Crippen molar-refractivity contribution in [3.63, 3.8) is 0 Å². The van der Waals surface area contributed by atoms with E-state index >= 15 is 0 Å². The zero-order valence-corrected chi connectivity index (χ0v) is 7.05. The number of hydrogen-bond donors (Lipinski definition) is 0. The van der Waals surface area contributed by atoms with Crippen LogP contribution in [0, 0.1) is 7.43 Å². The Balaban J connectivity index is -0.0000000800. The minimum absolute atomic E-state index is 0. The first-order chi connectivity index (χ1) is 2.00. The van der Waals surface area contributed by atoms with E-state index in [9.17, 15) is 0 Å². The van der Waals surface area contributed by atoms with Crippen molar-refractivity contribution >= 4 is 18.2 Å². The van der Waals surface area contributed by atoms with Crippen molar-refractivity contribution in [2.45, 2.75) is 0 Å². The molecule has 0 heterocycles. The van der Waals surface area contributed by atoms with E-state index in [2.05, 4.69) is 0 Å². The minimum Gasteiger partial charge on any atom is -0.745 e. The van der Waals surface area contributed by atoms with E-state index in [1.54, 1.807) is 0 Å². The van der Waals surface area contributed by atoms with Crippen LogP contribution in [0.1, 0.15) is 0 Å². The smallest absolute Gasteiger partial charge is 0.745 e. The summed E-state index contributed by atoms with van der Waals surface area (Å²) in [7, 11) is -2.87. The molecule has 1 unspecified atom stereocenters. The summed E-state index contributed by atoms with van der Waals surface area (Å²) in [5, 5.41) is 0. The third kappa shape index (κ3) is 174. The summed E-state index contributed by atoms with van der Waals surface area (Å²) in [4.78, 5) is 0. The predicted octanol–water partition coefficient (Wildman–Crippen LogP) is -0.231. The van der Waals surface area contributed by atoms with Gasteiger partial charge in [-0.05, 0) is 8.44 Å². The Hall–Kier alpha value is 1.00. The van der Waals surface area contributed by atoms with Crippen molar-refractivity contribution in [3.05, 3.63) is 7.43 Å². The van der Waals surface area contributed by atoms with Crippen molar-refractivity contribution in [3.8, 4) is 0 Å². The summed E-state index contributed by atoms with van der Waals surface area (Å²) in [5.41, 5.74) is 0. The fourth-order valence-electron chi connectivity index (χ4n) is 0. The maximum Gasteiger partial charge on any atom is 2.00 e. The Kier molecular flexibility index (Phi) is 11.5. The van der Waals surface area contributed by atoms with E-state index in [1.165, 1.54) is 0 Å². The quantitative estimate of drug-likeness (QED) is 0.252. The number of hydrogen-bond acceptors (Lipinski definition) is 3. The van der Waals surface area contributed by atoms with Gasteiger partial charge in [0, 0.05) is 0 Å². The summed E-state index contributed by atoms with van der Waals surface area (Å²) in [6.07, 6.45) is 0. The van der Waals surface area contributed by atoms with Gasteiger partial charge in [-0.25, -0.2) is 8.42 Å². The Morgan fingerprint density at radius 1 is 1.43 bits per heavy atom. The number of rotatable bonds is 0. The molecule has 0 aromatic carbocycles. The van der Waals surface area contributed by atoms with Crippen molar-refractivity contribution in [1.29, 1.82) is 0 Å². The molecular weight excluding hydrogens is 229 g/mol. The molecule has 0 N–H and O–H groups in total.